The number of nitrogens with one attached hydrogen (secondary N) is 1. The van der Waals surface area contributed by atoms with E-state index in [4.69, 9.17) is 4.74 Å². The van der Waals surface area contributed by atoms with Gasteiger partial charge in [-0.3, -0.25) is 4.79 Å². The third kappa shape index (κ3) is 3.29. The fourth-order valence-electron chi connectivity index (χ4n) is 1.96. The van der Waals surface area contributed by atoms with Gasteiger partial charge in [0.2, 0.25) is 5.91 Å². The van der Waals surface area contributed by atoms with Crippen molar-refractivity contribution in [3.05, 3.63) is 12.2 Å². The number of aromatic nitrogens is 3. The first-order chi connectivity index (χ1) is 8.81. The standard InChI is InChI=1S/C12H20N4O2/c1-18-7-3-6-16-9-14-15-11(16)8-13-12(17)10-4-2-5-10/h9-10H,2-8H2,1H3,(H,13,17). The van der Waals surface area contributed by atoms with Gasteiger partial charge in [0.1, 0.15) is 6.33 Å². The molecular formula is C12H20N4O2. The van der Waals surface area contributed by atoms with Gasteiger partial charge in [0.05, 0.1) is 6.54 Å². The van der Waals surface area contributed by atoms with Gasteiger partial charge in [-0.25, -0.2) is 0 Å². The van der Waals surface area contributed by atoms with Gasteiger partial charge in [-0.05, 0) is 19.3 Å². The Morgan fingerprint density at radius 3 is 3.11 bits per heavy atom. The summed E-state index contributed by atoms with van der Waals surface area (Å²) in [6.45, 7) is 1.99. The fourth-order valence-corrected chi connectivity index (χ4v) is 1.96. The molecule has 1 aliphatic rings. The number of aryl methyl sites for hydroxylation is 1. The Balaban J connectivity index is 1.77. The highest BCUT2D eigenvalue weighted by molar-refractivity contribution is 5.79. The molecule has 0 atom stereocenters. The number of amides is 1. The van der Waals surface area contributed by atoms with Crippen LogP contribution in [0.4, 0.5) is 0 Å². The Morgan fingerprint density at radius 1 is 1.61 bits per heavy atom. The Morgan fingerprint density at radius 2 is 2.44 bits per heavy atom. The first-order valence-electron chi connectivity index (χ1n) is 6.44. The van der Waals surface area contributed by atoms with Gasteiger partial charge in [0.15, 0.2) is 5.82 Å². The minimum absolute atomic E-state index is 0.146. The number of hydrogen-bond donors (Lipinski definition) is 1. The average molecular weight is 252 g/mol. The molecule has 6 nitrogen and oxygen atoms in total. The Labute approximate surface area is 107 Å². The molecule has 0 aliphatic heterocycles. The number of ether oxygens (including phenoxy) is 1. The number of hydrogen-bond acceptors (Lipinski definition) is 4. The Kier molecular flexibility index (Phi) is 4.69. The fraction of sp³-hybridized carbons (Fsp3) is 0.750. The highest BCUT2D eigenvalue weighted by atomic mass is 16.5. The maximum absolute atomic E-state index is 11.7. The second-order valence-electron chi connectivity index (χ2n) is 4.63. The van der Waals surface area contributed by atoms with Crippen LogP contribution in [0.15, 0.2) is 6.33 Å². The predicted octanol–water partition coefficient (Wildman–Crippen LogP) is 0.731. The van der Waals surface area contributed by atoms with Crippen molar-refractivity contribution in [3.8, 4) is 0 Å². The van der Waals surface area contributed by atoms with Gasteiger partial charge in [-0.2, -0.15) is 0 Å². The average Bonchev–Trinajstić information content (AvgIpc) is 2.72. The lowest BCUT2D eigenvalue weighted by Gasteiger charge is -2.23. The van der Waals surface area contributed by atoms with E-state index in [1.54, 1.807) is 13.4 Å². The summed E-state index contributed by atoms with van der Waals surface area (Å²) in [6.07, 6.45) is 5.82. The molecule has 1 aromatic heterocycles. The van der Waals surface area contributed by atoms with E-state index in [0.29, 0.717) is 13.2 Å². The molecule has 1 heterocycles. The van der Waals surface area contributed by atoms with Crippen LogP contribution in [-0.4, -0.2) is 34.4 Å². The van der Waals surface area contributed by atoms with Crippen LogP contribution in [0.1, 0.15) is 31.5 Å². The van der Waals surface area contributed by atoms with Gasteiger partial charge in [0.25, 0.3) is 0 Å². The van der Waals surface area contributed by atoms with E-state index in [2.05, 4.69) is 15.5 Å². The molecule has 1 aromatic rings. The zero-order chi connectivity index (χ0) is 12.8. The molecule has 0 unspecified atom stereocenters. The SMILES string of the molecule is COCCCn1cnnc1CNC(=O)C1CCC1. The lowest BCUT2D eigenvalue weighted by molar-refractivity contribution is -0.127. The molecule has 1 amide bonds. The molecule has 0 spiro atoms. The van der Waals surface area contributed by atoms with E-state index in [1.807, 2.05) is 4.57 Å². The van der Waals surface area contributed by atoms with Gasteiger partial charge in [-0.15, -0.1) is 10.2 Å². The third-order valence-electron chi connectivity index (χ3n) is 3.34. The number of carbonyl (C=O) groups is 1. The summed E-state index contributed by atoms with van der Waals surface area (Å²) in [5.41, 5.74) is 0. The van der Waals surface area contributed by atoms with Crippen LogP contribution in [0.3, 0.4) is 0 Å². The van der Waals surface area contributed by atoms with Gasteiger partial charge >= 0.3 is 0 Å². The maximum atomic E-state index is 11.7. The number of carbonyl (C=O) groups excluding carboxylic acids is 1. The lowest BCUT2D eigenvalue weighted by atomic mass is 9.85. The van der Waals surface area contributed by atoms with Crippen LogP contribution >= 0.6 is 0 Å². The van der Waals surface area contributed by atoms with Crippen molar-refractivity contribution in [3.63, 3.8) is 0 Å². The van der Waals surface area contributed by atoms with E-state index >= 15 is 0 Å². The summed E-state index contributed by atoms with van der Waals surface area (Å²) in [5, 5.41) is 10.8. The molecule has 6 heteroatoms. The lowest BCUT2D eigenvalue weighted by Crippen LogP contribution is -2.34. The van der Waals surface area contributed by atoms with Crippen LogP contribution in [0.5, 0.6) is 0 Å². The van der Waals surface area contributed by atoms with Crippen molar-refractivity contribution in [2.24, 2.45) is 5.92 Å². The van der Waals surface area contributed by atoms with Crippen molar-refractivity contribution in [1.29, 1.82) is 0 Å². The zero-order valence-electron chi connectivity index (χ0n) is 10.8. The molecule has 0 bridgehead atoms. The van der Waals surface area contributed by atoms with E-state index in [9.17, 15) is 4.79 Å². The monoisotopic (exact) mass is 252 g/mol. The highest BCUT2D eigenvalue weighted by Gasteiger charge is 2.25. The van der Waals surface area contributed by atoms with E-state index in [-0.39, 0.29) is 11.8 Å². The molecule has 0 radical (unpaired) electrons. The number of methoxy groups -OCH3 is 1. The van der Waals surface area contributed by atoms with Crippen LogP contribution in [0.25, 0.3) is 0 Å². The smallest absolute Gasteiger partial charge is 0.223 e. The first kappa shape index (κ1) is 13.0. The van der Waals surface area contributed by atoms with Crippen LogP contribution in [0.2, 0.25) is 0 Å². The molecule has 2 rings (SSSR count). The second kappa shape index (κ2) is 6.49. The Bertz CT molecular complexity index is 387. The van der Waals surface area contributed by atoms with Crippen molar-refractivity contribution in [1.82, 2.24) is 20.1 Å². The maximum Gasteiger partial charge on any atom is 0.223 e. The predicted molar refractivity (Wildman–Crippen MR) is 65.7 cm³/mol. The van der Waals surface area contributed by atoms with Crippen LogP contribution < -0.4 is 5.32 Å². The molecule has 100 valence electrons. The Hall–Kier alpha value is -1.43. The van der Waals surface area contributed by atoms with Gasteiger partial charge in [-0.1, -0.05) is 6.42 Å². The molecule has 1 aliphatic carbocycles. The summed E-state index contributed by atoms with van der Waals surface area (Å²) in [6, 6.07) is 0. The van der Waals surface area contributed by atoms with Crippen molar-refractivity contribution >= 4 is 5.91 Å². The van der Waals surface area contributed by atoms with E-state index in [0.717, 1.165) is 31.6 Å². The summed E-state index contributed by atoms with van der Waals surface area (Å²) in [5.74, 6) is 1.17. The first-order valence-corrected chi connectivity index (χ1v) is 6.44. The van der Waals surface area contributed by atoms with Crippen molar-refractivity contribution in [2.45, 2.75) is 38.8 Å². The minimum atomic E-state index is 0.146. The molecule has 0 saturated heterocycles. The molecule has 1 saturated carbocycles. The second-order valence-corrected chi connectivity index (χ2v) is 4.63. The van der Waals surface area contributed by atoms with Crippen LogP contribution in [-0.2, 0) is 22.6 Å². The largest absolute Gasteiger partial charge is 0.385 e. The normalized spacial score (nSPS) is 15.4. The number of rotatable bonds is 7. The molecule has 1 N–H and O–H groups in total. The van der Waals surface area contributed by atoms with E-state index in [1.165, 1.54) is 6.42 Å². The summed E-state index contributed by atoms with van der Waals surface area (Å²) in [4.78, 5) is 11.7. The summed E-state index contributed by atoms with van der Waals surface area (Å²) in [7, 11) is 1.69. The minimum Gasteiger partial charge on any atom is -0.385 e. The van der Waals surface area contributed by atoms with Crippen molar-refractivity contribution in [2.75, 3.05) is 13.7 Å². The quantitative estimate of drug-likeness (QED) is 0.726. The molecule has 0 aromatic carbocycles. The summed E-state index contributed by atoms with van der Waals surface area (Å²) >= 11 is 0. The third-order valence-corrected chi connectivity index (χ3v) is 3.34. The number of nitrogens with zero attached hydrogens (tertiary/aromatic N) is 3. The summed E-state index contributed by atoms with van der Waals surface area (Å²) < 4.78 is 6.97. The van der Waals surface area contributed by atoms with E-state index < -0.39 is 0 Å². The topological polar surface area (TPSA) is 69.0 Å². The van der Waals surface area contributed by atoms with Gasteiger partial charge < -0.3 is 14.6 Å². The molecular weight excluding hydrogens is 232 g/mol. The van der Waals surface area contributed by atoms with Crippen LogP contribution in [0, 0.1) is 5.92 Å². The van der Waals surface area contributed by atoms with Crippen molar-refractivity contribution < 1.29 is 9.53 Å². The zero-order valence-corrected chi connectivity index (χ0v) is 10.8. The molecule has 18 heavy (non-hydrogen) atoms. The molecule has 1 fully saturated rings. The van der Waals surface area contributed by atoms with Gasteiger partial charge in [0, 0.05) is 26.2 Å². The highest BCUT2D eigenvalue weighted by Crippen LogP contribution is 2.26.